The first-order valence-corrected chi connectivity index (χ1v) is 7.82. The summed E-state index contributed by atoms with van der Waals surface area (Å²) in [4.78, 5) is 0. The molecule has 17 heavy (non-hydrogen) atoms. The van der Waals surface area contributed by atoms with Gasteiger partial charge in [-0.1, -0.05) is 74.1 Å². The van der Waals surface area contributed by atoms with Crippen molar-refractivity contribution in [3.05, 3.63) is 0 Å². The smallest absolute Gasteiger partial charge is 0.0354 e. The molecule has 0 N–H and O–H groups in total. The quantitative estimate of drug-likeness (QED) is 0.443. The van der Waals surface area contributed by atoms with Crippen LogP contribution in [-0.4, -0.2) is 0 Å². The SMILES string of the molecule is CCCC(CCC(C)CC(C)(C)CC)C(C)C. The Labute approximate surface area is 111 Å². The number of rotatable bonds is 9. The molecule has 0 rings (SSSR count). The van der Waals surface area contributed by atoms with Crippen LogP contribution in [0.3, 0.4) is 0 Å². The predicted octanol–water partition coefficient (Wildman–Crippen LogP) is 6.30. The largest absolute Gasteiger partial charge is 0.0654 e. The summed E-state index contributed by atoms with van der Waals surface area (Å²) in [5.74, 6) is 2.71. The van der Waals surface area contributed by atoms with E-state index in [9.17, 15) is 0 Å². The van der Waals surface area contributed by atoms with Crippen molar-refractivity contribution in [2.24, 2.45) is 23.2 Å². The highest BCUT2D eigenvalue weighted by Crippen LogP contribution is 2.32. The topological polar surface area (TPSA) is 0 Å². The molecule has 2 unspecified atom stereocenters. The first-order chi connectivity index (χ1) is 7.82. The molecule has 0 heteroatoms. The molecule has 0 bridgehead atoms. The molecule has 0 spiro atoms. The molecule has 0 aromatic rings. The van der Waals surface area contributed by atoms with Crippen molar-refractivity contribution < 1.29 is 0 Å². The minimum Gasteiger partial charge on any atom is -0.0654 e. The van der Waals surface area contributed by atoms with E-state index in [0.29, 0.717) is 5.41 Å². The monoisotopic (exact) mass is 240 g/mol. The van der Waals surface area contributed by atoms with Crippen LogP contribution in [0.4, 0.5) is 0 Å². The summed E-state index contributed by atoms with van der Waals surface area (Å²) in [5, 5.41) is 0. The van der Waals surface area contributed by atoms with Crippen molar-refractivity contribution in [3.8, 4) is 0 Å². The van der Waals surface area contributed by atoms with Gasteiger partial charge in [-0.2, -0.15) is 0 Å². The maximum absolute atomic E-state index is 2.45. The summed E-state index contributed by atoms with van der Waals surface area (Å²) in [5.41, 5.74) is 0.539. The minimum absolute atomic E-state index is 0.539. The van der Waals surface area contributed by atoms with Gasteiger partial charge in [0, 0.05) is 0 Å². The maximum Gasteiger partial charge on any atom is -0.0354 e. The summed E-state index contributed by atoms with van der Waals surface area (Å²) in [6, 6.07) is 0. The summed E-state index contributed by atoms with van der Waals surface area (Å²) in [6.07, 6.45) is 8.32. The van der Waals surface area contributed by atoms with Crippen LogP contribution >= 0.6 is 0 Å². The Morgan fingerprint density at radius 2 is 1.47 bits per heavy atom. The van der Waals surface area contributed by atoms with E-state index in [1.165, 1.54) is 38.5 Å². The van der Waals surface area contributed by atoms with E-state index in [4.69, 9.17) is 0 Å². The van der Waals surface area contributed by atoms with Crippen LogP contribution in [0.2, 0.25) is 0 Å². The summed E-state index contributed by atoms with van der Waals surface area (Å²) in [6.45, 7) is 16.7. The molecule has 0 aromatic heterocycles. The summed E-state index contributed by atoms with van der Waals surface area (Å²) in [7, 11) is 0. The molecule has 0 aliphatic rings. The third kappa shape index (κ3) is 7.84. The fourth-order valence-electron chi connectivity index (χ4n) is 2.87. The number of hydrogen-bond donors (Lipinski definition) is 0. The van der Waals surface area contributed by atoms with Crippen molar-refractivity contribution in [3.63, 3.8) is 0 Å². The Balaban J connectivity index is 3.99. The van der Waals surface area contributed by atoms with E-state index >= 15 is 0 Å². The third-order valence-corrected chi connectivity index (χ3v) is 4.49. The molecule has 0 amide bonds. The van der Waals surface area contributed by atoms with Crippen LogP contribution in [-0.2, 0) is 0 Å². The molecule has 0 fully saturated rings. The second-order valence-electron chi connectivity index (χ2n) is 7.20. The van der Waals surface area contributed by atoms with E-state index in [0.717, 1.165) is 17.8 Å². The van der Waals surface area contributed by atoms with E-state index < -0.39 is 0 Å². The van der Waals surface area contributed by atoms with Crippen molar-refractivity contribution >= 4 is 0 Å². The van der Waals surface area contributed by atoms with E-state index in [1.54, 1.807) is 0 Å². The standard InChI is InChI=1S/C17H36/c1-8-10-16(14(3)4)12-11-15(5)13-17(6,7)9-2/h14-16H,8-13H2,1-7H3. The van der Waals surface area contributed by atoms with E-state index in [2.05, 4.69) is 48.5 Å². The van der Waals surface area contributed by atoms with Gasteiger partial charge in [0.15, 0.2) is 0 Å². The Morgan fingerprint density at radius 1 is 0.882 bits per heavy atom. The average molecular weight is 240 g/mol. The molecule has 0 aliphatic heterocycles. The van der Waals surface area contributed by atoms with Gasteiger partial charge in [-0.15, -0.1) is 0 Å². The fourth-order valence-corrected chi connectivity index (χ4v) is 2.87. The van der Waals surface area contributed by atoms with Crippen LogP contribution in [0, 0.1) is 23.2 Å². The number of hydrogen-bond acceptors (Lipinski definition) is 0. The molecule has 0 saturated heterocycles. The van der Waals surface area contributed by atoms with Crippen molar-refractivity contribution in [2.75, 3.05) is 0 Å². The molecule has 0 aliphatic carbocycles. The van der Waals surface area contributed by atoms with Crippen molar-refractivity contribution in [2.45, 2.75) is 87.0 Å². The van der Waals surface area contributed by atoms with Gasteiger partial charge in [0.25, 0.3) is 0 Å². The van der Waals surface area contributed by atoms with Gasteiger partial charge < -0.3 is 0 Å². The zero-order valence-electron chi connectivity index (χ0n) is 13.5. The van der Waals surface area contributed by atoms with Gasteiger partial charge in [-0.05, 0) is 36.0 Å². The Morgan fingerprint density at radius 3 is 1.88 bits per heavy atom. The average Bonchev–Trinajstić information content (AvgIpc) is 2.23. The third-order valence-electron chi connectivity index (χ3n) is 4.49. The molecular weight excluding hydrogens is 204 g/mol. The highest BCUT2D eigenvalue weighted by atomic mass is 14.3. The van der Waals surface area contributed by atoms with Crippen LogP contribution in [0.5, 0.6) is 0 Å². The summed E-state index contributed by atoms with van der Waals surface area (Å²) >= 11 is 0. The van der Waals surface area contributed by atoms with Crippen LogP contribution in [0.25, 0.3) is 0 Å². The molecule has 0 aromatic carbocycles. The second kappa shape index (κ2) is 8.16. The Kier molecular flexibility index (Phi) is 8.16. The Hall–Kier alpha value is 0. The summed E-state index contributed by atoms with van der Waals surface area (Å²) < 4.78 is 0. The minimum atomic E-state index is 0.539. The van der Waals surface area contributed by atoms with Gasteiger partial charge >= 0.3 is 0 Å². The van der Waals surface area contributed by atoms with Gasteiger partial charge in [0.2, 0.25) is 0 Å². The molecule has 2 atom stereocenters. The molecule has 0 heterocycles. The van der Waals surface area contributed by atoms with Gasteiger partial charge in [-0.3, -0.25) is 0 Å². The molecular formula is C17H36. The van der Waals surface area contributed by atoms with Gasteiger partial charge in [0.05, 0.1) is 0 Å². The highest BCUT2D eigenvalue weighted by molar-refractivity contribution is 4.72. The lowest BCUT2D eigenvalue weighted by molar-refractivity contribution is 0.235. The Bertz CT molecular complexity index is 178. The van der Waals surface area contributed by atoms with Crippen LogP contribution in [0.1, 0.15) is 87.0 Å². The van der Waals surface area contributed by atoms with E-state index in [-0.39, 0.29) is 0 Å². The van der Waals surface area contributed by atoms with E-state index in [1.807, 2.05) is 0 Å². The molecule has 104 valence electrons. The zero-order valence-corrected chi connectivity index (χ0v) is 13.5. The fraction of sp³-hybridized carbons (Fsp3) is 1.00. The van der Waals surface area contributed by atoms with Crippen LogP contribution in [0.15, 0.2) is 0 Å². The zero-order chi connectivity index (χ0) is 13.5. The molecule has 0 radical (unpaired) electrons. The van der Waals surface area contributed by atoms with Crippen LogP contribution < -0.4 is 0 Å². The van der Waals surface area contributed by atoms with Crippen molar-refractivity contribution in [1.29, 1.82) is 0 Å². The van der Waals surface area contributed by atoms with Crippen molar-refractivity contribution in [1.82, 2.24) is 0 Å². The molecule has 0 nitrogen and oxygen atoms in total. The normalized spacial score (nSPS) is 16.2. The second-order valence-corrected chi connectivity index (χ2v) is 7.20. The predicted molar refractivity (Wildman–Crippen MR) is 80.3 cm³/mol. The first-order valence-electron chi connectivity index (χ1n) is 7.82. The lowest BCUT2D eigenvalue weighted by Crippen LogP contribution is -2.16. The lowest BCUT2D eigenvalue weighted by Gasteiger charge is -2.28. The lowest BCUT2D eigenvalue weighted by atomic mass is 9.78. The highest BCUT2D eigenvalue weighted by Gasteiger charge is 2.20. The van der Waals surface area contributed by atoms with Gasteiger partial charge in [-0.25, -0.2) is 0 Å². The molecule has 0 saturated carbocycles. The maximum atomic E-state index is 2.45. The van der Waals surface area contributed by atoms with Gasteiger partial charge in [0.1, 0.15) is 0 Å². The first kappa shape index (κ1) is 17.0.